The molecule has 1 aromatic carbocycles. The molecular weight excluding hydrogens is 260 g/mol. The van der Waals surface area contributed by atoms with Gasteiger partial charge in [-0.15, -0.1) is 0 Å². The van der Waals surface area contributed by atoms with Crippen molar-refractivity contribution in [1.82, 2.24) is 0 Å². The van der Waals surface area contributed by atoms with Crippen LogP contribution in [0.1, 0.15) is 13.8 Å². The van der Waals surface area contributed by atoms with Crippen molar-refractivity contribution < 1.29 is 24.1 Å². The maximum atomic E-state index is 10.7. The van der Waals surface area contributed by atoms with Crippen LogP contribution in [0.3, 0.4) is 0 Å². The van der Waals surface area contributed by atoms with Gasteiger partial charge in [-0.05, 0) is 26.0 Å². The van der Waals surface area contributed by atoms with Crippen molar-refractivity contribution in [2.75, 3.05) is 13.2 Å². The molecule has 0 fully saturated rings. The lowest BCUT2D eigenvalue weighted by Crippen LogP contribution is -2.25. The lowest BCUT2D eigenvalue weighted by atomic mass is 10.2. The zero-order valence-corrected chi connectivity index (χ0v) is 11.7. The molecule has 0 heterocycles. The van der Waals surface area contributed by atoms with Crippen molar-refractivity contribution in [1.29, 1.82) is 0 Å². The van der Waals surface area contributed by atoms with Crippen LogP contribution in [-0.2, 0) is 14.3 Å². The van der Waals surface area contributed by atoms with Gasteiger partial charge in [0.2, 0.25) is 0 Å². The smallest absolute Gasteiger partial charge is 0.333 e. The van der Waals surface area contributed by atoms with Crippen molar-refractivity contribution in [2.24, 2.45) is 0 Å². The van der Waals surface area contributed by atoms with Crippen LogP contribution >= 0.6 is 0 Å². The van der Waals surface area contributed by atoms with Crippen LogP contribution in [0.5, 0.6) is 5.75 Å². The molecule has 1 N–H and O–H groups in total. The third kappa shape index (κ3) is 5.86. The van der Waals surface area contributed by atoms with Crippen molar-refractivity contribution in [3.05, 3.63) is 42.5 Å². The van der Waals surface area contributed by atoms with E-state index in [0.717, 1.165) is 5.75 Å². The maximum Gasteiger partial charge on any atom is 0.333 e. The van der Waals surface area contributed by atoms with Crippen LogP contribution in [0.2, 0.25) is 0 Å². The molecule has 20 heavy (non-hydrogen) atoms. The zero-order valence-electron chi connectivity index (χ0n) is 11.7. The molecule has 0 bridgehead atoms. The van der Waals surface area contributed by atoms with Gasteiger partial charge < -0.3 is 19.3 Å². The predicted octanol–water partition coefficient (Wildman–Crippen LogP) is 2.47. The first-order chi connectivity index (χ1) is 9.50. The Morgan fingerprint density at radius 3 is 2.50 bits per heavy atom. The van der Waals surface area contributed by atoms with Crippen molar-refractivity contribution in [3.63, 3.8) is 0 Å². The minimum Gasteiger partial charge on any atom is -0.491 e. The summed E-state index contributed by atoms with van der Waals surface area (Å²) in [5, 5.41) is 8.77. The number of ether oxygens (including phenoxy) is 3. The molecule has 1 rings (SSSR count). The third-order valence-corrected chi connectivity index (χ3v) is 2.61. The molecule has 5 heteroatoms. The normalized spacial score (nSPS) is 13.5. The minimum absolute atomic E-state index is 0.000913. The van der Waals surface area contributed by atoms with E-state index in [-0.39, 0.29) is 5.57 Å². The van der Waals surface area contributed by atoms with Gasteiger partial charge in [0, 0.05) is 0 Å². The highest BCUT2D eigenvalue weighted by atomic mass is 16.7. The molecule has 0 aliphatic carbocycles. The van der Waals surface area contributed by atoms with Gasteiger partial charge in [-0.25, -0.2) is 4.79 Å². The molecule has 2 atom stereocenters. The summed E-state index contributed by atoms with van der Waals surface area (Å²) in [6, 6.07) is 9.41. The van der Waals surface area contributed by atoms with Crippen molar-refractivity contribution >= 4 is 5.97 Å². The van der Waals surface area contributed by atoms with Crippen molar-refractivity contribution in [2.45, 2.75) is 26.2 Å². The van der Waals surface area contributed by atoms with Crippen LogP contribution in [0, 0.1) is 0 Å². The van der Waals surface area contributed by atoms with E-state index in [4.69, 9.17) is 19.3 Å². The van der Waals surface area contributed by atoms with E-state index in [1.54, 1.807) is 13.8 Å². The fourth-order valence-electron chi connectivity index (χ4n) is 1.47. The highest BCUT2D eigenvalue weighted by Gasteiger charge is 2.16. The van der Waals surface area contributed by atoms with Crippen LogP contribution in [0.15, 0.2) is 42.5 Å². The molecular formula is C15H20O5. The molecule has 5 nitrogen and oxygen atoms in total. The molecule has 0 spiro atoms. The highest BCUT2D eigenvalue weighted by molar-refractivity contribution is 5.86. The Hall–Kier alpha value is -1.85. The number of hydrogen-bond donors (Lipinski definition) is 1. The summed E-state index contributed by atoms with van der Waals surface area (Å²) in [6.07, 6.45) is -1.13. The molecule has 0 amide bonds. The van der Waals surface area contributed by atoms with E-state index in [9.17, 15) is 4.79 Å². The van der Waals surface area contributed by atoms with Crippen LogP contribution < -0.4 is 4.74 Å². The van der Waals surface area contributed by atoms with Crippen LogP contribution in [0.25, 0.3) is 0 Å². The first-order valence-corrected chi connectivity index (χ1v) is 6.37. The second kappa shape index (κ2) is 8.35. The molecule has 0 aliphatic rings. The highest BCUT2D eigenvalue weighted by Crippen LogP contribution is 2.10. The van der Waals surface area contributed by atoms with Gasteiger partial charge in [0.15, 0.2) is 6.29 Å². The summed E-state index contributed by atoms with van der Waals surface area (Å²) < 4.78 is 16.2. The number of para-hydroxylation sites is 1. The fourth-order valence-corrected chi connectivity index (χ4v) is 1.47. The van der Waals surface area contributed by atoms with Crippen LogP contribution in [0.4, 0.5) is 0 Å². The fraction of sp³-hybridized carbons (Fsp3) is 0.400. The lowest BCUT2D eigenvalue weighted by molar-refractivity contribution is -0.156. The van der Waals surface area contributed by atoms with Gasteiger partial charge in [0.25, 0.3) is 0 Å². The van der Waals surface area contributed by atoms with Gasteiger partial charge >= 0.3 is 5.97 Å². The number of hydrogen-bond acceptors (Lipinski definition) is 4. The first kappa shape index (κ1) is 16.2. The number of aliphatic carboxylic acids is 1. The number of rotatable bonds is 9. The minimum atomic E-state index is -1.07. The Morgan fingerprint density at radius 1 is 1.25 bits per heavy atom. The number of carbonyl (C=O) groups is 1. The molecule has 0 aromatic heterocycles. The molecule has 0 aliphatic heterocycles. The summed E-state index contributed by atoms with van der Waals surface area (Å²) in [4.78, 5) is 10.7. The van der Waals surface area contributed by atoms with E-state index >= 15 is 0 Å². The third-order valence-electron chi connectivity index (χ3n) is 2.61. The monoisotopic (exact) mass is 280 g/mol. The van der Waals surface area contributed by atoms with E-state index in [1.165, 1.54) is 0 Å². The Kier molecular flexibility index (Phi) is 6.76. The number of carboxylic acids is 1. The molecule has 2 unspecified atom stereocenters. The van der Waals surface area contributed by atoms with Crippen LogP contribution in [-0.4, -0.2) is 36.7 Å². The van der Waals surface area contributed by atoms with Gasteiger partial charge in [-0.3, -0.25) is 0 Å². The maximum absolute atomic E-state index is 10.7. The standard InChI is InChI=1S/C15H20O5/c1-11(15(16)17)12(2)20-13(3)18-9-10-19-14-7-5-4-6-8-14/h4-8,12-13H,1,9-10H2,2-3H3,(H,16,17). The number of carboxylic acid groups (broad SMARTS) is 1. The number of benzene rings is 1. The van der Waals surface area contributed by atoms with E-state index in [1.807, 2.05) is 30.3 Å². The van der Waals surface area contributed by atoms with Gasteiger partial charge in [0.05, 0.1) is 18.3 Å². The topological polar surface area (TPSA) is 65.0 Å². The second-order valence-electron chi connectivity index (χ2n) is 4.21. The van der Waals surface area contributed by atoms with Gasteiger partial charge in [-0.1, -0.05) is 24.8 Å². The molecule has 0 saturated carbocycles. The van der Waals surface area contributed by atoms with Crippen molar-refractivity contribution in [3.8, 4) is 5.75 Å². The summed E-state index contributed by atoms with van der Waals surface area (Å²) in [5.41, 5.74) is 0.000913. The Labute approximate surface area is 118 Å². The van der Waals surface area contributed by atoms with Gasteiger partial charge in [0.1, 0.15) is 12.4 Å². The summed E-state index contributed by atoms with van der Waals surface area (Å²) in [5.74, 6) is -0.297. The van der Waals surface area contributed by atoms with E-state index in [2.05, 4.69) is 6.58 Å². The summed E-state index contributed by atoms with van der Waals surface area (Å²) >= 11 is 0. The Bertz CT molecular complexity index is 429. The van der Waals surface area contributed by atoms with E-state index < -0.39 is 18.4 Å². The summed E-state index contributed by atoms with van der Waals surface area (Å²) in [7, 11) is 0. The first-order valence-electron chi connectivity index (χ1n) is 6.37. The second-order valence-corrected chi connectivity index (χ2v) is 4.21. The van der Waals surface area contributed by atoms with Gasteiger partial charge in [-0.2, -0.15) is 0 Å². The SMILES string of the molecule is C=C(C(=O)O)C(C)OC(C)OCCOc1ccccc1. The lowest BCUT2D eigenvalue weighted by Gasteiger charge is -2.19. The Morgan fingerprint density at radius 2 is 1.90 bits per heavy atom. The van der Waals surface area contributed by atoms with E-state index in [0.29, 0.717) is 13.2 Å². The largest absolute Gasteiger partial charge is 0.491 e. The molecule has 110 valence electrons. The molecule has 0 saturated heterocycles. The zero-order chi connectivity index (χ0) is 15.0. The summed E-state index contributed by atoms with van der Waals surface area (Å²) in [6.45, 7) is 7.51. The Balaban J connectivity index is 2.18. The quantitative estimate of drug-likeness (QED) is 0.427. The molecule has 1 aromatic rings. The average Bonchev–Trinajstić information content (AvgIpc) is 2.43. The predicted molar refractivity (Wildman–Crippen MR) is 74.7 cm³/mol. The average molecular weight is 280 g/mol. The molecule has 0 radical (unpaired) electrons.